The number of nitrogens with zero attached hydrogens (tertiary/aromatic N) is 5. The SMILES string of the molecule is Cc1ccc(-c2nnn(C3CC3)n2)cc1[N+](=O)[O-]. The Morgan fingerprint density at radius 3 is 2.89 bits per heavy atom. The summed E-state index contributed by atoms with van der Waals surface area (Å²) in [5.41, 5.74) is 1.33. The van der Waals surface area contributed by atoms with Crippen LogP contribution in [0.5, 0.6) is 0 Å². The second-order valence-electron chi connectivity index (χ2n) is 4.42. The minimum absolute atomic E-state index is 0.0790. The van der Waals surface area contributed by atoms with Crippen LogP contribution in [0.1, 0.15) is 24.4 Å². The molecule has 92 valence electrons. The first-order valence-corrected chi connectivity index (χ1v) is 5.70. The fraction of sp³-hybridized carbons (Fsp3) is 0.364. The summed E-state index contributed by atoms with van der Waals surface area (Å²) in [6.45, 7) is 1.70. The lowest BCUT2D eigenvalue weighted by atomic mass is 10.1. The lowest BCUT2D eigenvalue weighted by molar-refractivity contribution is -0.385. The molecule has 0 atom stereocenters. The van der Waals surface area contributed by atoms with Crippen LogP contribution in [0.4, 0.5) is 5.69 Å². The van der Waals surface area contributed by atoms with Crippen molar-refractivity contribution < 1.29 is 4.92 Å². The van der Waals surface area contributed by atoms with E-state index in [9.17, 15) is 10.1 Å². The second kappa shape index (κ2) is 3.86. The van der Waals surface area contributed by atoms with Gasteiger partial charge in [-0.25, -0.2) is 0 Å². The molecular weight excluding hydrogens is 234 g/mol. The number of tetrazole rings is 1. The van der Waals surface area contributed by atoms with Gasteiger partial charge in [0.2, 0.25) is 5.82 Å². The molecule has 0 radical (unpaired) electrons. The topological polar surface area (TPSA) is 86.7 Å². The number of hydrogen-bond donors (Lipinski definition) is 0. The zero-order valence-electron chi connectivity index (χ0n) is 9.78. The van der Waals surface area contributed by atoms with E-state index in [1.54, 1.807) is 23.9 Å². The van der Waals surface area contributed by atoms with E-state index in [1.807, 2.05) is 0 Å². The van der Waals surface area contributed by atoms with Crippen molar-refractivity contribution in [2.24, 2.45) is 0 Å². The minimum atomic E-state index is -0.399. The number of nitro groups is 1. The standard InChI is InChI=1S/C11H11N5O2/c1-7-2-3-8(6-10(7)16(17)18)11-12-14-15(13-11)9-4-5-9/h2-3,6,9H,4-5H2,1H3. The molecule has 1 fully saturated rings. The van der Waals surface area contributed by atoms with E-state index in [4.69, 9.17) is 0 Å². The summed E-state index contributed by atoms with van der Waals surface area (Å²) < 4.78 is 0. The molecule has 1 aromatic carbocycles. The number of aromatic nitrogens is 4. The van der Waals surface area contributed by atoms with E-state index in [0.29, 0.717) is 23.0 Å². The monoisotopic (exact) mass is 245 g/mol. The third-order valence-corrected chi connectivity index (χ3v) is 2.97. The third-order valence-electron chi connectivity index (χ3n) is 2.97. The Bertz CT molecular complexity index is 618. The quantitative estimate of drug-likeness (QED) is 0.608. The highest BCUT2D eigenvalue weighted by Gasteiger charge is 2.26. The molecule has 18 heavy (non-hydrogen) atoms. The zero-order valence-corrected chi connectivity index (χ0v) is 9.78. The number of benzene rings is 1. The molecule has 7 heteroatoms. The van der Waals surface area contributed by atoms with Gasteiger partial charge in [-0.3, -0.25) is 10.1 Å². The Morgan fingerprint density at radius 2 is 2.22 bits per heavy atom. The van der Waals surface area contributed by atoms with Gasteiger partial charge in [-0.05, 0) is 25.0 Å². The van der Waals surface area contributed by atoms with E-state index in [2.05, 4.69) is 15.4 Å². The molecule has 0 amide bonds. The van der Waals surface area contributed by atoms with Crippen LogP contribution < -0.4 is 0 Å². The first-order valence-electron chi connectivity index (χ1n) is 5.70. The molecule has 0 aliphatic heterocycles. The normalized spacial score (nSPS) is 14.7. The molecule has 1 aliphatic rings. The average Bonchev–Trinajstić information content (AvgIpc) is 3.08. The van der Waals surface area contributed by atoms with Gasteiger partial charge in [0.1, 0.15) is 0 Å². The zero-order chi connectivity index (χ0) is 12.7. The highest BCUT2D eigenvalue weighted by molar-refractivity contribution is 5.60. The number of aryl methyl sites for hydroxylation is 1. The largest absolute Gasteiger partial charge is 0.273 e. The summed E-state index contributed by atoms with van der Waals surface area (Å²) in [7, 11) is 0. The number of hydrogen-bond acceptors (Lipinski definition) is 5. The van der Waals surface area contributed by atoms with E-state index in [-0.39, 0.29) is 5.69 Å². The van der Waals surface area contributed by atoms with Crippen molar-refractivity contribution in [3.05, 3.63) is 33.9 Å². The summed E-state index contributed by atoms with van der Waals surface area (Å²) >= 11 is 0. The van der Waals surface area contributed by atoms with Crippen LogP contribution in [0.15, 0.2) is 18.2 Å². The molecular formula is C11H11N5O2. The fourth-order valence-electron chi connectivity index (χ4n) is 1.75. The van der Waals surface area contributed by atoms with Crippen LogP contribution in [0.25, 0.3) is 11.4 Å². The molecule has 0 unspecified atom stereocenters. The van der Waals surface area contributed by atoms with Gasteiger partial charge >= 0.3 is 0 Å². The van der Waals surface area contributed by atoms with Crippen molar-refractivity contribution in [2.45, 2.75) is 25.8 Å². The van der Waals surface area contributed by atoms with Gasteiger partial charge in [-0.2, -0.15) is 4.80 Å². The predicted molar refractivity (Wildman–Crippen MR) is 62.9 cm³/mol. The van der Waals surface area contributed by atoms with Gasteiger partial charge in [0.25, 0.3) is 5.69 Å². The van der Waals surface area contributed by atoms with E-state index in [0.717, 1.165) is 12.8 Å². The van der Waals surface area contributed by atoms with Crippen molar-refractivity contribution in [3.8, 4) is 11.4 Å². The second-order valence-corrected chi connectivity index (χ2v) is 4.42. The Labute approximate surface area is 103 Å². The molecule has 0 saturated heterocycles. The summed E-state index contributed by atoms with van der Waals surface area (Å²) in [4.78, 5) is 12.1. The average molecular weight is 245 g/mol. The summed E-state index contributed by atoms with van der Waals surface area (Å²) in [5.74, 6) is 0.435. The maximum atomic E-state index is 10.9. The van der Waals surface area contributed by atoms with E-state index >= 15 is 0 Å². The Balaban J connectivity index is 1.99. The Morgan fingerprint density at radius 1 is 1.44 bits per heavy atom. The van der Waals surface area contributed by atoms with Crippen molar-refractivity contribution >= 4 is 5.69 Å². The third kappa shape index (κ3) is 1.83. The molecule has 1 aromatic heterocycles. The van der Waals surface area contributed by atoms with Gasteiger partial charge in [0, 0.05) is 17.2 Å². The highest BCUT2D eigenvalue weighted by Crippen LogP contribution is 2.33. The summed E-state index contributed by atoms with van der Waals surface area (Å²) in [6.07, 6.45) is 2.15. The van der Waals surface area contributed by atoms with Crippen molar-refractivity contribution in [1.82, 2.24) is 20.2 Å². The number of nitro benzene ring substituents is 1. The lowest BCUT2D eigenvalue weighted by Gasteiger charge is -1.98. The van der Waals surface area contributed by atoms with Crippen molar-refractivity contribution in [3.63, 3.8) is 0 Å². The lowest BCUT2D eigenvalue weighted by Crippen LogP contribution is -1.98. The molecule has 1 saturated carbocycles. The molecule has 3 rings (SSSR count). The molecule has 2 aromatic rings. The fourth-order valence-corrected chi connectivity index (χ4v) is 1.75. The number of rotatable bonds is 3. The van der Waals surface area contributed by atoms with Gasteiger partial charge in [0.15, 0.2) is 0 Å². The Kier molecular flexibility index (Phi) is 2.32. The van der Waals surface area contributed by atoms with Gasteiger partial charge in [-0.15, -0.1) is 10.2 Å². The van der Waals surface area contributed by atoms with Gasteiger partial charge in [0.05, 0.1) is 11.0 Å². The molecule has 0 bridgehead atoms. The van der Waals surface area contributed by atoms with Crippen LogP contribution in [-0.4, -0.2) is 25.1 Å². The smallest absolute Gasteiger partial charge is 0.258 e. The van der Waals surface area contributed by atoms with Crippen LogP contribution >= 0.6 is 0 Å². The van der Waals surface area contributed by atoms with E-state index in [1.165, 1.54) is 6.07 Å². The maximum absolute atomic E-state index is 10.9. The summed E-state index contributed by atoms with van der Waals surface area (Å²) in [5, 5.41) is 23.0. The minimum Gasteiger partial charge on any atom is -0.258 e. The maximum Gasteiger partial charge on any atom is 0.273 e. The Hall–Kier alpha value is -2.31. The molecule has 7 nitrogen and oxygen atoms in total. The molecule has 0 spiro atoms. The van der Waals surface area contributed by atoms with Crippen molar-refractivity contribution in [1.29, 1.82) is 0 Å². The molecule has 1 aliphatic carbocycles. The van der Waals surface area contributed by atoms with Gasteiger partial charge in [-0.1, -0.05) is 12.1 Å². The first-order chi connectivity index (χ1) is 8.65. The van der Waals surface area contributed by atoms with Gasteiger partial charge < -0.3 is 0 Å². The van der Waals surface area contributed by atoms with Crippen LogP contribution in [0, 0.1) is 17.0 Å². The van der Waals surface area contributed by atoms with Crippen LogP contribution in [0.3, 0.4) is 0 Å². The van der Waals surface area contributed by atoms with Crippen LogP contribution in [-0.2, 0) is 0 Å². The van der Waals surface area contributed by atoms with Crippen molar-refractivity contribution in [2.75, 3.05) is 0 Å². The first kappa shape index (κ1) is 10.8. The highest BCUT2D eigenvalue weighted by atomic mass is 16.6. The molecule has 1 heterocycles. The van der Waals surface area contributed by atoms with Crippen LogP contribution in [0.2, 0.25) is 0 Å². The predicted octanol–water partition coefficient (Wildman–Crippen LogP) is 1.89. The molecule has 0 N–H and O–H groups in total. The summed E-state index contributed by atoms with van der Waals surface area (Å²) in [6, 6.07) is 5.32. The van der Waals surface area contributed by atoms with E-state index < -0.39 is 4.92 Å².